The van der Waals surface area contributed by atoms with Crippen molar-refractivity contribution in [3.63, 3.8) is 0 Å². The summed E-state index contributed by atoms with van der Waals surface area (Å²) in [4.78, 5) is 13.8. The average Bonchev–Trinajstić information content (AvgIpc) is 2.25. The van der Waals surface area contributed by atoms with Gasteiger partial charge >= 0.3 is 0 Å². The van der Waals surface area contributed by atoms with Crippen molar-refractivity contribution in [3.05, 3.63) is 0 Å². The van der Waals surface area contributed by atoms with Crippen LogP contribution in [0.5, 0.6) is 0 Å². The predicted octanol–water partition coefficient (Wildman–Crippen LogP) is 1.12. The molecule has 1 amide bonds. The summed E-state index contributed by atoms with van der Waals surface area (Å²) in [5, 5.41) is 0. The molecule has 2 unspecified atom stereocenters. The topological polar surface area (TPSA) is 58.4 Å². The summed E-state index contributed by atoms with van der Waals surface area (Å²) in [5.74, 6) is 5.00. The molecule has 0 fully saturated rings. The number of amides is 1. The van der Waals surface area contributed by atoms with Gasteiger partial charge in [0.25, 0.3) is 0 Å². The number of nitrogens with one attached hydrogen (secondary N) is 1. The standard InChI is InChI=1S/C11H25N3O/c1-5-7-14(8-6-2)10(4)9(3)11(15)13-12/h9-10H,5-8,12H2,1-4H3,(H,13,15). The SMILES string of the molecule is CCCN(CCC)C(C)C(C)C(=O)NN. The van der Waals surface area contributed by atoms with E-state index in [9.17, 15) is 4.79 Å². The zero-order chi connectivity index (χ0) is 11.8. The lowest BCUT2D eigenvalue weighted by Gasteiger charge is -2.31. The lowest BCUT2D eigenvalue weighted by atomic mass is 10.0. The van der Waals surface area contributed by atoms with Gasteiger partial charge in [-0.25, -0.2) is 5.84 Å². The van der Waals surface area contributed by atoms with E-state index in [1.54, 1.807) is 0 Å². The van der Waals surface area contributed by atoms with Crippen LogP contribution in [0.3, 0.4) is 0 Å². The monoisotopic (exact) mass is 215 g/mol. The first kappa shape index (κ1) is 14.4. The van der Waals surface area contributed by atoms with Gasteiger partial charge in [-0.2, -0.15) is 0 Å². The van der Waals surface area contributed by atoms with E-state index >= 15 is 0 Å². The highest BCUT2D eigenvalue weighted by Crippen LogP contribution is 2.12. The maximum Gasteiger partial charge on any atom is 0.238 e. The third kappa shape index (κ3) is 4.62. The second-order valence-corrected chi connectivity index (χ2v) is 4.07. The third-order valence-corrected chi connectivity index (χ3v) is 2.88. The minimum absolute atomic E-state index is 0.0619. The molecule has 0 aromatic carbocycles. The molecule has 0 aromatic rings. The van der Waals surface area contributed by atoms with Crippen LogP contribution in [-0.4, -0.2) is 29.9 Å². The Morgan fingerprint density at radius 1 is 1.27 bits per heavy atom. The summed E-state index contributed by atoms with van der Waals surface area (Å²) >= 11 is 0. The molecule has 0 saturated heterocycles. The van der Waals surface area contributed by atoms with Crippen molar-refractivity contribution in [2.24, 2.45) is 11.8 Å². The highest BCUT2D eigenvalue weighted by Gasteiger charge is 2.23. The molecule has 0 heterocycles. The number of carbonyl (C=O) groups is 1. The minimum Gasteiger partial charge on any atom is -0.300 e. The highest BCUT2D eigenvalue weighted by atomic mass is 16.2. The Hall–Kier alpha value is -0.610. The number of nitrogens with zero attached hydrogens (tertiary/aromatic N) is 1. The predicted molar refractivity (Wildman–Crippen MR) is 63.1 cm³/mol. The molecule has 15 heavy (non-hydrogen) atoms. The summed E-state index contributed by atoms with van der Waals surface area (Å²) in [6, 6.07) is 0.244. The third-order valence-electron chi connectivity index (χ3n) is 2.88. The Kier molecular flexibility index (Phi) is 7.34. The van der Waals surface area contributed by atoms with Crippen LogP contribution in [0.15, 0.2) is 0 Å². The van der Waals surface area contributed by atoms with Crippen molar-refractivity contribution in [1.29, 1.82) is 0 Å². The summed E-state index contributed by atoms with van der Waals surface area (Å²) in [5.41, 5.74) is 2.22. The molecule has 90 valence electrons. The van der Waals surface area contributed by atoms with Gasteiger partial charge in [0.2, 0.25) is 5.91 Å². The molecular weight excluding hydrogens is 190 g/mol. The second kappa shape index (κ2) is 7.65. The van der Waals surface area contributed by atoms with Gasteiger partial charge < -0.3 is 0 Å². The first-order valence-corrected chi connectivity index (χ1v) is 5.82. The fourth-order valence-corrected chi connectivity index (χ4v) is 1.76. The van der Waals surface area contributed by atoms with Gasteiger partial charge in [0.15, 0.2) is 0 Å². The van der Waals surface area contributed by atoms with Crippen LogP contribution in [0.1, 0.15) is 40.5 Å². The number of hydrogen-bond donors (Lipinski definition) is 2. The molecular formula is C11H25N3O. The Morgan fingerprint density at radius 3 is 2.07 bits per heavy atom. The van der Waals surface area contributed by atoms with Crippen molar-refractivity contribution < 1.29 is 4.79 Å². The Bertz CT molecular complexity index is 179. The molecule has 4 nitrogen and oxygen atoms in total. The van der Waals surface area contributed by atoms with Crippen LogP contribution in [0.4, 0.5) is 0 Å². The zero-order valence-electron chi connectivity index (χ0n) is 10.4. The fourth-order valence-electron chi connectivity index (χ4n) is 1.76. The molecule has 0 saturated carbocycles. The summed E-state index contributed by atoms with van der Waals surface area (Å²) in [7, 11) is 0. The largest absolute Gasteiger partial charge is 0.300 e. The van der Waals surface area contributed by atoms with E-state index in [1.807, 2.05) is 6.92 Å². The average molecular weight is 215 g/mol. The molecule has 0 aliphatic rings. The van der Waals surface area contributed by atoms with Gasteiger partial charge in [0.1, 0.15) is 0 Å². The maximum atomic E-state index is 11.4. The first-order chi connectivity index (χ1) is 7.08. The Balaban J connectivity index is 4.32. The lowest BCUT2D eigenvalue weighted by molar-refractivity contribution is -0.126. The molecule has 2 atom stereocenters. The number of rotatable bonds is 7. The first-order valence-electron chi connectivity index (χ1n) is 5.82. The Morgan fingerprint density at radius 2 is 1.73 bits per heavy atom. The van der Waals surface area contributed by atoms with Crippen molar-refractivity contribution in [2.45, 2.75) is 46.6 Å². The van der Waals surface area contributed by atoms with E-state index in [4.69, 9.17) is 5.84 Å². The van der Waals surface area contributed by atoms with Gasteiger partial charge in [-0.05, 0) is 32.9 Å². The van der Waals surface area contributed by atoms with Crippen LogP contribution < -0.4 is 11.3 Å². The maximum absolute atomic E-state index is 11.4. The second-order valence-electron chi connectivity index (χ2n) is 4.07. The lowest BCUT2D eigenvalue weighted by Crippen LogP contribution is -2.46. The molecule has 0 aliphatic heterocycles. The summed E-state index contributed by atoms with van der Waals surface area (Å²) < 4.78 is 0. The molecule has 0 radical (unpaired) electrons. The van der Waals surface area contributed by atoms with Crippen LogP contribution in [0.25, 0.3) is 0 Å². The van der Waals surface area contributed by atoms with Crippen LogP contribution >= 0.6 is 0 Å². The number of nitrogens with two attached hydrogens (primary N) is 1. The molecule has 4 heteroatoms. The van der Waals surface area contributed by atoms with Crippen molar-refractivity contribution in [3.8, 4) is 0 Å². The van der Waals surface area contributed by atoms with Crippen molar-refractivity contribution in [2.75, 3.05) is 13.1 Å². The number of carbonyl (C=O) groups excluding carboxylic acids is 1. The van der Waals surface area contributed by atoms with Gasteiger partial charge in [-0.15, -0.1) is 0 Å². The molecule has 0 spiro atoms. The molecule has 0 rings (SSSR count). The zero-order valence-corrected chi connectivity index (χ0v) is 10.4. The van der Waals surface area contributed by atoms with E-state index < -0.39 is 0 Å². The van der Waals surface area contributed by atoms with E-state index in [-0.39, 0.29) is 17.9 Å². The van der Waals surface area contributed by atoms with Crippen LogP contribution in [-0.2, 0) is 4.79 Å². The van der Waals surface area contributed by atoms with Gasteiger partial charge in [0.05, 0.1) is 5.92 Å². The van der Waals surface area contributed by atoms with Gasteiger partial charge in [0, 0.05) is 6.04 Å². The van der Waals surface area contributed by atoms with Crippen molar-refractivity contribution in [1.82, 2.24) is 10.3 Å². The highest BCUT2D eigenvalue weighted by molar-refractivity contribution is 5.78. The summed E-state index contributed by atoms with van der Waals surface area (Å²) in [6.07, 6.45) is 2.22. The minimum atomic E-state index is -0.0836. The van der Waals surface area contributed by atoms with Crippen LogP contribution in [0.2, 0.25) is 0 Å². The van der Waals surface area contributed by atoms with E-state index in [0.717, 1.165) is 25.9 Å². The van der Waals surface area contributed by atoms with Gasteiger partial charge in [-0.3, -0.25) is 15.1 Å². The normalized spacial score (nSPS) is 15.1. The number of hydrazine groups is 1. The molecule has 3 N–H and O–H groups in total. The molecule has 0 aliphatic carbocycles. The van der Waals surface area contributed by atoms with E-state index in [0.29, 0.717) is 0 Å². The Labute approximate surface area is 93.2 Å². The van der Waals surface area contributed by atoms with Crippen LogP contribution in [0, 0.1) is 5.92 Å². The summed E-state index contributed by atoms with van der Waals surface area (Å²) in [6.45, 7) is 10.4. The molecule has 0 bridgehead atoms. The van der Waals surface area contributed by atoms with E-state index in [1.165, 1.54) is 0 Å². The smallest absolute Gasteiger partial charge is 0.238 e. The van der Waals surface area contributed by atoms with Gasteiger partial charge in [-0.1, -0.05) is 20.8 Å². The van der Waals surface area contributed by atoms with E-state index in [2.05, 4.69) is 31.1 Å². The number of hydrogen-bond acceptors (Lipinski definition) is 3. The van der Waals surface area contributed by atoms with Crippen molar-refractivity contribution >= 4 is 5.91 Å². The fraction of sp³-hybridized carbons (Fsp3) is 0.909. The molecule has 0 aromatic heterocycles. The quantitative estimate of drug-likeness (QED) is 0.380.